The first kappa shape index (κ1) is 14.6. The third-order valence-electron chi connectivity index (χ3n) is 2.66. The number of Topliss-reactive ketones (excluding diaryl/α,β-unsaturated/α-hetero) is 1. The zero-order valence-electron chi connectivity index (χ0n) is 10.8. The van der Waals surface area contributed by atoms with Crippen molar-refractivity contribution in [2.45, 2.75) is 6.04 Å². The van der Waals surface area contributed by atoms with Gasteiger partial charge in [-0.3, -0.25) is 4.79 Å². The number of carbonyl (C=O) groups is 1. The van der Waals surface area contributed by atoms with Crippen molar-refractivity contribution >= 4 is 34.8 Å². The second kappa shape index (κ2) is 7.07. The van der Waals surface area contributed by atoms with E-state index >= 15 is 0 Å². The summed E-state index contributed by atoms with van der Waals surface area (Å²) in [4.78, 5) is 17.5. The number of hydrogen-bond acceptors (Lipinski definition) is 4. The van der Waals surface area contributed by atoms with Crippen molar-refractivity contribution in [2.75, 3.05) is 6.54 Å². The Bertz CT molecular complexity index is 606. The molecule has 0 saturated heterocycles. The summed E-state index contributed by atoms with van der Waals surface area (Å²) in [6.45, 7) is 4.03. The lowest BCUT2D eigenvalue weighted by Gasteiger charge is -2.17. The summed E-state index contributed by atoms with van der Waals surface area (Å²) in [5.74, 6) is -0.0333. The molecule has 2 heterocycles. The monoisotopic (exact) mass is 302 g/mol. The Balaban J connectivity index is 2.39. The standard InChI is InChI=1S/C15H14N2OS2/c1-2-8-16-15(19)13(17-9-4-3-5-10-17)14(18)12-7-6-11-20-12/h2-7,9-11,13H,1,8H2. The number of thiophene rings is 1. The molecule has 0 aliphatic rings. The lowest BCUT2D eigenvalue weighted by Crippen LogP contribution is -2.47. The van der Waals surface area contributed by atoms with Crippen molar-refractivity contribution in [3.63, 3.8) is 0 Å². The van der Waals surface area contributed by atoms with E-state index in [4.69, 9.17) is 12.6 Å². The van der Waals surface area contributed by atoms with Gasteiger partial charge >= 0.3 is 0 Å². The number of rotatable bonds is 6. The number of hydrogen-bond donors (Lipinski definition) is 0. The lowest BCUT2D eigenvalue weighted by atomic mass is 10.1. The third kappa shape index (κ3) is 3.37. The fourth-order valence-corrected chi connectivity index (χ4v) is 2.75. The minimum absolute atomic E-state index is 0.0333. The Morgan fingerprint density at radius 2 is 2.15 bits per heavy atom. The van der Waals surface area contributed by atoms with Gasteiger partial charge < -0.3 is 17.6 Å². The maximum atomic E-state index is 12.6. The van der Waals surface area contributed by atoms with Crippen molar-refractivity contribution in [3.8, 4) is 0 Å². The van der Waals surface area contributed by atoms with Crippen LogP contribution in [0.1, 0.15) is 15.7 Å². The molecule has 0 aliphatic carbocycles. The SMILES string of the molecule is C=CCN=C([S-])C(C(=O)c1cccs1)[n+]1ccccc1. The first-order chi connectivity index (χ1) is 9.74. The molecule has 2 aromatic rings. The maximum Gasteiger partial charge on any atom is 0.244 e. The summed E-state index contributed by atoms with van der Waals surface area (Å²) >= 11 is 6.73. The molecule has 0 fully saturated rings. The van der Waals surface area contributed by atoms with E-state index in [1.54, 1.807) is 16.7 Å². The largest absolute Gasteiger partial charge is 0.758 e. The number of aromatic nitrogens is 1. The van der Waals surface area contributed by atoms with Crippen LogP contribution < -0.4 is 4.57 Å². The van der Waals surface area contributed by atoms with Crippen molar-refractivity contribution in [1.29, 1.82) is 0 Å². The van der Waals surface area contributed by atoms with Gasteiger partial charge in [-0.2, -0.15) is 4.57 Å². The van der Waals surface area contributed by atoms with Crippen LogP contribution in [0.3, 0.4) is 0 Å². The highest BCUT2D eigenvalue weighted by Crippen LogP contribution is 2.16. The van der Waals surface area contributed by atoms with Gasteiger partial charge in [-0.15, -0.1) is 17.9 Å². The smallest absolute Gasteiger partial charge is 0.244 e. The Hall–Kier alpha value is -1.85. The molecule has 102 valence electrons. The first-order valence-corrected chi connectivity index (χ1v) is 7.38. The Morgan fingerprint density at radius 3 is 2.75 bits per heavy atom. The minimum atomic E-state index is -0.579. The van der Waals surface area contributed by atoms with Gasteiger partial charge in [0.15, 0.2) is 12.4 Å². The van der Waals surface area contributed by atoms with Crippen LogP contribution in [0.2, 0.25) is 0 Å². The fraction of sp³-hybridized carbons (Fsp3) is 0.133. The van der Waals surface area contributed by atoms with Gasteiger partial charge in [0, 0.05) is 12.1 Å². The minimum Gasteiger partial charge on any atom is -0.758 e. The molecule has 5 heteroatoms. The average molecular weight is 302 g/mol. The molecule has 0 amide bonds. The van der Waals surface area contributed by atoms with Crippen LogP contribution in [0, 0.1) is 0 Å². The summed E-state index contributed by atoms with van der Waals surface area (Å²) in [7, 11) is 0. The predicted molar refractivity (Wildman–Crippen MR) is 84.2 cm³/mol. The number of ketones is 1. The average Bonchev–Trinajstić information content (AvgIpc) is 3.00. The predicted octanol–water partition coefficient (Wildman–Crippen LogP) is 2.59. The second-order valence-electron chi connectivity index (χ2n) is 4.03. The van der Waals surface area contributed by atoms with E-state index < -0.39 is 6.04 Å². The van der Waals surface area contributed by atoms with E-state index in [1.807, 2.05) is 42.0 Å². The molecule has 2 rings (SSSR count). The van der Waals surface area contributed by atoms with Gasteiger partial charge in [0.05, 0.1) is 11.4 Å². The van der Waals surface area contributed by atoms with E-state index in [2.05, 4.69) is 11.6 Å². The van der Waals surface area contributed by atoms with Crippen LogP contribution in [0.5, 0.6) is 0 Å². The van der Waals surface area contributed by atoms with E-state index in [-0.39, 0.29) is 5.78 Å². The molecule has 20 heavy (non-hydrogen) atoms. The van der Waals surface area contributed by atoms with E-state index in [1.165, 1.54) is 11.3 Å². The quantitative estimate of drug-likeness (QED) is 0.205. The number of nitrogens with zero attached hydrogens (tertiary/aromatic N) is 2. The highest BCUT2D eigenvalue weighted by Gasteiger charge is 2.28. The molecule has 0 aliphatic heterocycles. The molecule has 2 aromatic heterocycles. The van der Waals surface area contributed by atoms with Crippen molar-refractivity contribution < 1.29 is 9.36 Å². The molecule has 0 aromatic carbocycles. The molecular formula is C15H14N2OS2. The lowest BCUT2D eigenvalue weighted by molar-refractivity contribution is -0.691. The molecule has 0 N–H and O–H groups in total. The molecule has 0 radical (unpaired) electrons. The Morgan fingerprint density at radius 1 is 1.40 bits per heavy atom. The van der Waals surface area contributed by atoms with Gasteiger partial charge in [0.1, 0.15) is 0 Å². The summed E-state index contributed by atoms with van der Waals surface area (Å²) in [5.41, 5.74) is 0. The normalized spacial score (nSPS) is 12.9. The molecular weight excluding hydrogens is 288 g/mol. The van der Waals surface area contributed by atoms with Crippen molar-refractivity contribution in [2.24, 2.45) is 4.99 Å². The molecule has 1 unspecified atom stereocenters. The van der Waals surface area contributed by atoms with Crippen LogP contribution in [0.15, 0.2) is 65.8 Å². The Labute approximate surface area is 127 Å². The van der Waals surface area contributed by atoms with Gasteiger partial charge in [-0.1, -0.05) is 18.2 Å². The van der Waals surface area contributed by atoms with Crippen LogP contribution >= 0.6 is 11.3 Å². The topological polar surface area (TPSA) is 33.3 Å². The zero-order chi connectivity index (χ0) is 14.4. The molecule has 0 saturated carbocycles. The van der Waals surface area contributed by atoms with Gasteiger partial charge in [-0.05, 0) is 16.5 Å². The van der Waals surface area contributed by atoms with Gasteiger partial charge in [0.2, 0.25) is 11.8 Å². The summed E-state index contributed by atoms with van der Waals surface area (Å²) < 4.78 is 1.79. The van der Waals surface area contributed by atoms with E-state index in [0.717, 1.165) is 0 Å². The van der Waals surface area contributed by atoms with Gasteiger partial charge in [-0.25, -0.2) is 0 Å². The van der Waals surface area contributed by atoms with Crippen LogP contribution in [-0.2, 0) is 12.6 Å². The van der Waals surface area contributed by atoms with E-state index in [0.29, 0.717) is 16.5 Å². The highest BCUT2D eigenvalue weighted by molar-refractivity contribution is 7.77. The molecule has 0 spiro atoms. The van der Waals surface area contributed by atoms with Crippen molar-refractivity contribution in [3.05, 3.63) is 65.6 Å². The summed E-state index contributed by atoms with van der Waals surface area (Å²) in [5, 5.41) is 2.25. The molecule has 3 nitrogen and oxygen atoms in total. The third-order valence-corrected chi connectivity index (χ3v) is 3.90. The van der Waals surface area contributed by atoms with Crippen LogP contribution in [0.4, 0.5) is 0 Å². The van der Waals surface area contributed by atoms with Crippen molar-refractivity contribution in [1.82, 2.24) is 0 Å². The number of pyridine rings is 1. The zero-order valence-corrected chi connectivity index (χ0v) is 12.4. The van der Waals surface area contributed by atoms with Gasteiger partial charge in [0.25, 0.3) is 0 Å². The van der Waals surface area contributed by atoms with Crippen LogP contribution in [0.25, 0.3) is 0 Å². The van der Waals surface area contributed by atoms with Crippen LogP contribution in [-0.4, -0.2) is 17.4 Å². The number of carbonyl (C=O) groups excluding carboxylic acids is 1. The summed E-state index contributed by atoms with van der Waals surface area (Å²) in [6.07, 6.45) is 5.31. The fourth-order valence-electron chi connectivity index (χ4n) is 1.75. The Kier molecular flexibility index (Phi) is 5.15. The second-order valence-corrected chi connectivity index (χ2v) is 5.40. The van der Waals surface area contributed by atoms with E-state index in [9.17, 15) is 4.79 Å². The summed E-state index contributed by atoms with van der Waals surface area (Å²) in [6, 6.07) is 8.71. The highest BCUT2D eigenvalue weighted by atomic mass is 32.1. The maximum absolute atomic E-state index is 12.6. The number of aliphatic imine (C=N–C) groups is 1. The first-order valence-electron chi connectivity index (χ1n) is 6.10. The molecule has 0 bridgehead atoms. The molecule has 1 atom stereocenters.